The van der Waals surface area contributed by atoms with Crippen molar-refractivity contribution in [1.82, 2.24) is 5.32 Å². The number of ether oxygens (including phenoxy) is 1. The number of rotatable bonds is 6. The second-order valence-electron chi connectivity index (χ2n) is 4.79. The van der Waals surface area contributed by atoms with Gasteiger partial charge in [-0.1, -0.05) is 12.1 Å². The molecule has 0 bridgehead atoms. The first-order valence-electron chi connectivity index (χ1n) is 6.75. The topological polar surface area (TPSA) is 125 Å². The van der Waals surface area contributed by atoms with Gasteiger partial charge in [-0.05, 0) is 17.7 Å². The highest BCUT2D eigenvalue weighted by molar-refractivity contribution is 5.95. The third-order valence-electron chi connectivity index (χ3n) is 3.17. The van der Waals surface area contributed by atoms with Crippen LogP contribution in [0.25, 0.3) is 0 Å². The Morgan fingerprint density at radius 1 is 1.08 bits per heavy atom. The minimum atomic E-state index is -0.786. The number of amides is 1. The maximum atomic E-state index is 12.1. The number of hydrogen-bond acceptors (Lipinski definition) is 6. The molecule has 1 N–H and O–H groups in total. The molecular formula is C15H13N3O6. The summed E-state index contributed by atoms with van der Waals surface area (Å²) in [6.07, 6.45) is 0. The largest absolute Gasteiger partial charge is 0.497 e. The number of carbonyl (C=O) groups is 1. The highest BCUT2D eigenvalue weighted by atomic mass is 16.6. The van der Waals surface area contributed by atoms with Crippen LogP contribution in [0, 0.1) is 20.2 Å². The van der Waals surface area contributed by atoms with Crippen molar-refractivity contribution in [1.29, 1.82) is 0 Å². The normalized spacial score (nSPS) is 10.0. The number of hydrogen-bond donors (Lipinski definition) is 1. The molecule has 1 amide bonds. The van der Waals surface area contributed by atoms with E-state index in [2.05, 4.69) is 5.32 Å². The minimum Gasteiger partial charge on any atom is -0.497 e. The second kappa shape index (κ2) is 7.18. The van der Waals surface area contributed by atoms with Gasteiger partial charge in [0.2, 0.25) is 0 Å². The number of nitro benzene ring substituents is 2. The Morgan fingerprint density at radius 2 is 1.71 bits per heavy atom. The molecule has 9 heteroatoms. The molecule has 2 rings (SSSR count). The smallest absolute Gasteiger partial charge is 0.277 e. The zero-order valence-corrected chi connectivity index (χ0v) is 12.6. The van der Waals surface area contributed by atoms with Crippen LogP contribution in [0.5, 0.6) is 5.75 Å². The number of nitrogens with one attached hydrogen (secondary N) is 1. The molecule has 0 heterocycles. The van der Waals surface area contributed by atoms with Crippen molar-refractivity contribution < 1.29 is 19.4 Å². The molecule has 9 nitrogen and oxygen atoms in total. The predicted octanol–water partition coefficient (Wildman–Crippen LogP) is 2.44. The zero-order valence-electron chi connectivity index (χ0n) is 12.6. The first-order chi connectivity index (χ1) is 11.4. The summed E-state index contributed by atoms with van der Waals surface area (Å²) < 4.78 is 5.07. The van der Waals surface area contributed by atoms with Crippen LogP contribution in [0.1, 0.15) is 15.9 Å². The molecule has 0 unspecified atom stereocenters. The van der Waals surface area contributed by atoms with E-state index in [9.17, 15) is 25.0 Å². The average Bonchev–Trinajstić information content (AvgIpc) is 2.59. The molecule has 0 radical (unpaired) electrons. The van der Waals surface area contributed by atoms with E-state index in [1.807, 2.05) is 0 Å². The predicted molar refractivity (Wildman–Crippen MR) is 83.9 cm³/mol. The van der Waals surface area contributed by atoms with Crippen LogP contribution in [0.15, 0.2) is 42.5 Å². The molecule has 0 spiro atoms. The summed E-state index contributed by atoms with van der Waals surface area (Å²) in [5.41, 5.74) is -0.437. The molecule has 0 aliphatic carbocycles. The van der Waals surface area contributed by atoms with Crippen LogP contribution >= 0.6 is 0 Å². The highest BCUT2D eigenvalue weighted by Crippen LogP contribution is 2.22. The Labute approximate surface area is 136 Å². The van der Waals surface area contributed by atoms with Crippen molar-refractivity contribution in [2.75, 3.05) is 7.11 Å². The third kappa shape index (κ3) is 4.03. The van der Waals surface area contributed by atoms with Gasteiger partial charge in [-0.15, -0.1) is 0 Å². The molecule has 0 saturated heterocycles. The SMILES string of the molecule is COc1cccc(CNC(=O)c2cc([N+](=O)[O-])cc([N+](=O)[O-])c2)c1. The van der Waals surface area contributed by atoms with Gasteiger partial charge in [0.05, 0.1) is 28.6 Å². The van der Waals surface area contributed by atoms with Crippen molar-refractivity contribution in [3.05, 3.63) is 73.8 Å². The van der Waals surface area contributed by atoms with Crippen LogP contribution in [0.3, 0.4) is 0 Å². The Bertz CT molecular complexity index is 773. The van der Waals surface area contributed by atoms with Gasteiger partial charge in [0.25, 0.3) is 17.3 Å². The standard InChI is InChI=1S/C15H13N3O6/c1-24-14-4-2-3-10(5-14)9-16-15(19)11-6-12(17(20)21)8-13(7-11)18(22)23/h2-8H,9H2,1H3,(H,16,19). The number of benzene rings is 2. The van der Waals surface area contributed by atoms with Crippen molar-refractivity contribution in [2.45, 2.75) is 6.54 Å². The van der Waals surface area contributed by atoms with Crippen LogP contribution < -0.4 is 10.1 Å². The molecule has 0 aromatic heterocycles. The number of non-ortho nitro benzene ring substituents is 2. The van der Waals surface area contributed by atoms with Gasteiger partial charge >= 0.3 is 0 Å². The van der Waals surface area contributed by atoms with E-state index in [4.69, 9.17) is 4.74 Å². The highest BCUT2D eigenvalue weighted by Gasteiger charge is 2.19. The van der Waals surface area contributed by atoms with Crippen LogP contribution in [0.4, 0.5) is 11.4 Å². The Balaban J connectivity index is 2.19. The first kappa shape index (κ1) is 16.9. The van der Waals surface area contributed by atoms with E-state index in [1.165, 1.54) is 7.11 Å². The maximum absolute atomic E-state index is 12.1. The van der Waals surface area contributed by atoms with Gasteiger partial charge in [-0.3, -0.25) is 25.0 Å². The molecule has 0 fully saturated rings. The summed E-state index contributed by atoms with van der Waals surface area (Å²) in [7, 11) is 1.51. The van der Waals surface area contributed by atoms with Gasteiger partial charge in [0.15, 0.2) is 0 Å². The summed E-state index contributed by atoms with van der Waals surface area (Å²) in [5, 5.41) is 24.2. The van der Waals surface area contributed by atoms with E-state index in [1.54, 1.807) is 24.3 Å². The first-order valence-corrected chi connectivity index (χ1v) is 6.75. The minimum absolute atomic E-state index is 0.145. The number of nitrogens with zero attached hydrogens (tertiary/aromatic N) is 2. The lowest BCUT2D eigenvalue weighted by Crippen LogP contribution is -2.23. The van der Waals surface area contributed by atoms with Gasteiger partial charge in [-0.25, -0.2) is 0 Å². The fourth-order valence-electron chi connectivity index (χ4n) is 2.00. The summed E-state index contributed by atoms with van der Waals surface area (Å²) in [5.74, 6) is -0.0302. The number of methoxy groups -OCH3 is 1. The molecule has 124 valence electrons. The summed E-state index contributed by atoms with van der Waals surface area (Å²) >= 11 is 0. The molecular weight excluding hydrogens is 318 g/mol. The monoisotopic (exact) mass is 331 g/mol. The Morgan fingerprint density at radius 3 is 2.25 bits per heavy atom. The van der Waals surface area contributed by atoms with Gasteiger partial charge in [0, 0.05) is 18.7 Å². The number of nitro groups is 2. The van der Waals surface area contributed by atoms with E-state index >= 15 is 0 Å². The molecule has 24 heavy (non-hydrogen) atoms. The van der Waals surface area contributed by atoms with Crippen LogP contribution in [-0.2, 0) is 6.54 Å². The lowest BCUT2D eigenvalue weighted by atomic mass is 10.1. The summed E-state index contributed by atoms with van der Waals surface area (Å²) in [6, 6.07) is 9.77. The van der Waals surface area contributed by atoms with E-state index in [0.717, 1.165) is 23.8 Å². The zero-order chi connectivity index (χ0) is 17.7. The lowest BCUT2D eigenvalue weighted by molar-refractivity contribution is -0.394. The van der Waals surface area contributed by atoms with Crippen LogP contribution in [0.2, 0.25) is 0 Å². The number of carbonyl (C=O) groups excluding carboxylic acids is 1. The van der Waals surface area contributed by atoms with Crippen molar-refractivity contribution in [3.63, 3.8) is 0 Å². The van der Waals surface area contributed by atoms with Crippen molar-refractivity contribution in [3.8, 4) is 5.75 Å². The summed E-state index contributed by atoms with van der Waals surface area (Å²) in [6.45, 7) is 0.145. The fraction of sp³-hybridized carbons (Fsp3) is 0.133. The molecule has 0 atom stereocenters. The maximum Gasteiger partial charge on any atom is 0.277 e. The second-order valence-corrected chi connectivity index (χ2v) is 4.79. The molecule has 0 saturated carbocycles. The van der Waals surface area contributed by atoms with Crippen LogP contribution in [-0.4, -0.2) is 22.9 Å². The van der Waals surface area contributed by atoms with Gasteiger partial charge in [-0.2, -0.15) is 0 Å². The van der Waals surface area contributed by atoms with E-state index in [-0.39, 0.29) is 12.1 Å². The summed E-state index contributed by atoms with van der Waals surface area (Å²) in [4.78, 5) is 32.2. The van der Waals surface area contributed by atoms with E-state index < -0.39 is 27.1 Å². The fourth-order valence-corrected chi connectivity index (χ4v) is 2.00. The van der Waals surface area contributed by atoms with Gasteiger partial charge in [0.1, 0.15) is 5.75 Å². The third-order valence-corrected chi connectivity index (χ3v) is 3.17. The Kier molecular flexibility index (Phi) is 5.05. The Hall–Kier alpha value is -3.49. The molecule has 0 aliphatic heterocycles. The molecule has 2 aromatic carbocycles. The molecule has 2 aromatic rings. The quantitative estimate of drug-likeness (QED) is 0.640. The van der Waals surface area contributed by atoms with E-state index in [0.29, 0.717) is 5.75 Å². The van der Waals surface area contributed by atoms with Gasteiger partial charge < -0.3 is 10.1 Å². The van der Waals surface area contributed by atoms with Crippen molar-refractivity contribution in [2.24, 2.45) is 0 Å². The lowest BCUT2D eigenvalue weighted by Gasteiger charge is -2.07. The molecule has 0 aliphatic rings. The van der Waals surface area contributed by atoms with Crippen molar-refractivity contribution >= 4 is 17.3 Å². The average molecular weight is 331 g/mol.